The average molecular weight is 356 g/mol. The van der Waals surface area contributed by atoms with Crippen molar-refractivity contribution in [3.8, 4) is 0 Å². The Kier molecular flexibility index (Phi) is 5.24. The molecule has 0 saturated heterocycles. The van der Waals surface area contributed by atoms with Crippen molar-refractivity contribution in [3.63, 3.8) is 0 Å². The monoisotopic (exact) mass is 355 g/mol. The van der Waals surface area contributed by atoms with Crippen molar-refractivity contribution in [2.75, 3.05) is 37.5 Å². The van der Waals surface area contributed by atoms with Crippen LogP contribution in [0.4, 0.5) is 11.4 Å². The van der Waals surface area contributed by atoms with Crippen LogP contribution in [0.3, 0.4) is 0 Å². The Morgan fingerprint density at radius 3 is 2.86 bits per heavy atom. The standard InChI is InChI=1S/C15H22BrN3O2/c1-5-17-14-10-6-11(16)13(7-12(10)18-15(14)20)19(3)9(2)8-21-4/h6-7,9,14,17H,5,8H2,1-4H3,(H,18,20). The molecule has 21 heavy (non-hydrogen) atoms. The van der Waals surface area contributed by atoms with Gasteiger partial charge in [0.05, 0.1) is 12.3 Å². The molecule has 0 aromatic heterocycles. The number of amides is 1. The molecule has 1 aliphatic rings. The van der Waals surface area contributed by atoms with Gasteiger partial charge in [-0.05, 0) is 41.5 Å². The maximum atomic E-state index is 12.0. The van der Waals surface area contributed by atoms with Crippen LogP contribution in [0.2, 0.25) is 0 Å². The van der Waals surface area contributed by atoms with E-state index in [-0.39, 0.29) is 18.0 Å². The molecule has 116 valence electrons. The topological polar surface area (TPSA) is 53.6 Å². The highest BCUT2D eigenvalue weighted by atomic mass is 79.9. The summed E-state index contributed by atoms with van der Waals surface area (Å²) in [7, 11) is 3.72. The molecular weight excluding hydrogens is 334 g/mol. The summed E-state index contributed by atoms with van der Waals surface area (Å²) in [6.45, 7) is 5.49. The van der Waals surface area contributed by atoms with E-state index < -0.39 is 0 Å². The van der Waals surface area contributed by atoms with Gasteiger partial charge in [0.2, 0.25) is 5.91 Å². The minimum atomic E-state index is -0.267. The number of rotatable bonds is 6. The molecule has 1 amide bonds. The van der Waals surface area contributed by atoms with Gasteiger partial charge < -0.3 is 20.3 Å². The number of nitrogens with zero attached hydrogens (tertiary/aromatic N) is 1. The molecule has 0 radical (unpaired) electrons. The third-order valence-electron chi connectivity index (χ3n) is 3.81. The number of nitrogens with one attached hydrogen (secondary N) is 2. The van der Waals surface area contributed by atoms with E-state index in [2.05, 4.69) is 38.4 Å². The van der Waals surface area contributed by atoms with E-state index in [1.165, 1.54) is 0 Å². The van der Waals surface area contributed by atoms with Gasteiger partial charge in [0.1, 0.15) is 6.04 Å². The second-order valence-corrected chi connectivity index (χ2v) is 6.14. The molecule has 0 saturated carbocycles. The molecule has 6 heteroatoms. The first-order chi connectivity index (χ1) is 9.99. The molecule has 0 spiro atoms. The maximum absolute atomic E-state index is 12.0. The lowest BCUT2D eigenvalue weighted by Gasteiger charge is -2.28. The zero-order valence-corrected chi connectivity index (χ0v) is 14.5. The largest absolute Gasteiger partial charge is 0.383 e. The first kappa shape index (κ1) is 16.3. The van der Waals surface area contributed by atoms with Crippen LogP contribution in [0, 0.1) is 0 Å². The number of carbonyl (C=O) groups is 1. The van der Waals surface area contributed by atoms with Crippen LogP contribution in [-0.4, -0.2) is 39.3 Å². The van der Waals surface area contributed by atoms with Crippen LogP contribution in [0.25, 0.3) is 0 Å². The molecule has 2 rings (SSSR count). The van der Waals surface area contributed by atoms with Gasteiger partial charge in [-0.2, -0.15) is 0 Å². The number of hydrogen-bond acceptors (Lipinski definition) is 4. The molecule has 1 aromatic rings. The van der Waals surface area contributed by atoms with Crippen molar-refractivity contribution in [1.82, 2.24) is 5.32 Å². The minimum Gasteiger partial charge on any atom is -0.383 e. The third-order valence-corrected chi connectivity index (χ3v) is 4.44. The fraction of sp³-hybridized carbons (Fsp3) is 0.533. The van der Waals surface area contributed by atoms with Crippen molar-refractivity contribution in [1.29, 1.82) is 0 Å². The molecule has 0 bridgehead atoms. The van der Waals surface area contributed by atoms with Crippen molar-refractivity contribution in [2.24, 2.45) is 0 Å². The number of fused-ring (bicyclic) bond motifs is 1. The van der Waals surface area contributed by atoms with Gasteiger partial charge in [-0.3, -0.25) is 4.79 Å². The van der Waals surface area contributed by atoms with Crippen LogP contribution in [-0.2, 0) is 9.53 Å². The molecule has 2 atom stereocenters. The summed E-state index contributed by atoms with van der Waals surface area (Å²) >= 11 is 3.62. The Morgan fingerprint density at radius 1 is 1.52 bits per heavy atom. The summed E-state index contributed by atoms with van der Waals surface area (Å²) in [5, 5.41) is 6.15. The van der Waals surface area contributed by atoms with Crippen LogP contribution in [0.5, 0.6) is 0 Å². The van der Waals surface area contributed by atoms with Crippen molar-refractivity contribution < 1.29 is 9.53 Å². The zero-order chi connectivity index (χ0) is 15.6. The third kappa shape index (κ3) is 3.22. The van der Waals surface area contributed by atoms with Crippen molar-refractivity contribution >= 4 is 33.2 Å². The predicted molar refractivity (Wildman–Crippen MR) is 88.9 cm³/mol. The first-order valence-corrected chi connectivity index (χ1v) is 7.88. The highest BCUT2D eigenvalue weighted by molar-refractivity contribution is 9.10. The second kappa shape index (κ2) is 6.77. The number of carbonyl (C=O) groups excluding carboxylic acids is 1. The Hall–Kier alpha value is -1.11. The SMILES string of the molecule is CCNC1C(=O)Nc2cc(N(C)C(C)COC)c(Br)cc21. The second-order valence-electron chi connectivity index (χ2n) is 5.29. The Balaban J connectivity index is 2.32. The smallest absolute Gasteiger partial charge is 0.246 e. The van der Waals surface area contributed by atoms with E-state index in [1.807, 2.05) is 26.1 Å². The number of ether oxygens (including phenoxy) is 1. The lowest BCUT2D eigenvalue weighted by molar-refractivity contribution is -0.117. The van der Waals surface area contributed by atoms with E-state index in [0.29, 0.717) is 6.61 Å². The highest BCUT2D eigenvalue weighted by Gasteiger charge is 2.31. The number of methoxy groups -OCH3 is 1. The van der Waals surface area contributed by atoms with E-state index >= 15 is 0 Å². The lowest BCUT2D eigenvalue weighted by Crippen LogP contribution is -2.32. The number of benzene rings is 1. The normalized spacial score (nSPS) is 18.3. The van der Waals surface area contributed by atoms with Crippen LogP contribution in [0.1, 0.15) is 25.5 Å². The fourth-order valence-electron chi connectivity index (χ4n) is 2.54. The highest BCUT2D eigenvalue weighted by Crippen LogP contribution is 2.39. The van der Waals surface area contributed by atoms with Gasteiger partial charge in [-0.25, -0.2) is 0 Å². The minimum absolute atomic E-state index is 0.00323. The average Bonchev–Trinajstić information content (AvgIpc) is 2.74. The van der Waals surface area contributed by atoms with Crippen molar-refractivity contribution in [3.05, 3.63) is 22.2 Å². The van der Waals surface area contributed by atoms with Gasteiger partial charge in [0.15, 0.2) is 0 Å². The number of halogens is 1. The molecule has 2 unspecified atom stereocenters. The number of anilines is 2. The maximum Gasteiger partial charge on any atom is 0.246 e. The van der Waals surface area contributed by atoms with E-state index in [4.69, 9.17) is 4.74 Å². The van der Waals surface area contributed by atoms with E-state index in [0.717, 1.165) is 28.0 Å². The molecular formula is C15H22BrN3O2. The Morgan fingerprint density at radius 2 is 2.24 bits per heavy atom. The molecule has 5 nitrogen and oxygen atoms in total. The van der Waals surface area contributed by atoms with E-state index in [9.17, 15) is 4.79 Å². The summed E-state index contributed by atoms with van der Waals surface area (Å²) < 4.78 is 6.19. The summed E-state index contributed by atoms with van der Waals surface area (Å²) in [6.07, 6.45) is 0. The Bertz CT molecular complexity index is 536. The summed E-state index contributed by atoms with van der Waals surface area (Å²) in [5.41, 5.74) is 2.90. The molecule has 0 fully saturated rings. The van der Waals surface area contributed by atoms with Crippen LogP contribution in [0.15, 0.2) is 16.6 Å². The first-order valence-electron chi connectivity index (χ1n) is 7.09. The summed E-state index contributed by atoms with van der Waals surface area (Å²) in [4.78, 5) is 14.2. The summed E-state index contributed by atoms with van der Waals surface area (Å²) in [5.74, 6) is 0.00323. The van der Waals surface area contributed by atoms with Gasteiger partial charge in [-0.1, -0.05) is 6.92 Å². The fourth-order valence-corrected chi connectivity index (χ4v) is 3.18. The zero-order valence-electron chi connectivity index (χ0n) is 12.9. The molecule has 2 N–H and O–H groups in total. The Labute approximate surface area is 134 Å². The van der Waals surface area contributed by atoms with Gasteiger partial charge in [0, 0.05) is 35.9 Å². The molecule has 0 aliphatic carbocycles. The van der Waals surface area contributed by atoms with Crippen LogP contribution < -0.4 is 15.5 Å². The van der Waals surface area contributed by atoms with Crippen LogP contribution >= 0.6 is 15.9 Å². The molecule has 1 aliphatic heterocycles. The summed E-state index contributed by atoms with van der Waals surface area (Å²) in [6, 6.07) is 4.01. The van der Waals surface area contributed by atoms with Gasteiger partial charge in [0.25, 0.3) is 0 Å². The molecule has 1 heterocycles. The van der Waals surface area contributed by atoms with Crippen molar-refractivity contribution in [2.45, 2.75) is 25.9 Å². The predicted octanol–water partition coefficient (Wildman–Crippen LogP) is 2.52. The quantitative estimate of drug-likeness (QED) is 0.823. The van der Waals surface area contributed by atoms with Gasteiger partial charge >= 0.3 is 0 Å². The molecule has 1 aromatic carbocycles. The number of hydrogen-bond donors (Lipinski definition) is 2. The lowest BCUT2D eigenvalue weighted by atomic mass is 10.1. The van der Waals surface area contributed by atoms with E-state index in [1.54, 1.807) is 7.11 Å². The van der Waals surface area contributed by atoms with Gasteiger partial charge in [-0.15, -0.1) is 0 Å². The number of likely N-dealkylation sites (N-methyl/N-ethyl adjacent to an activating group) is 2.